The second-order valence-electron chi connectivity index (χ2n) is 9.52. The molecule has 202 valence electrons. The number of ether oxygens (including phenoxy) is 1. The highest BCUT2D eigenvalue weighted by Gasteiger charge is 2.71. The largest absolute Gasteiger partial charge is 0.464 e. The van der Waals surface area contributed by atoms with Crippen LogP contribution in [0, 0.1) is 17.6 Å². The van der Waals surface area contributed by atoms with Crippen LogP contribution in [0.2, 0.25) is 0 Å². The summed E-state index contributed by atoms with van der Waals surface area (Å²) < 4.78 is 67.3. The van der Waals surface area contributed by atoms with Crippen molar-refractivity contribution in [2.45, 2.75) is 43.1 Å². The average molecular weight is 560 g/mol. The van der Waals surface area contributed by atoms with E-state index in [1.54, 1.807) is 13.0 Å². The molecule has 0 saturated heterocycles. The van der Waals surface area contributed by atoms with Gasteiger partial charge in [-0.3, -0.25) is 4.99 Å². The van der Waals surface area contributed by atoms with Crippen molar-refractivity contribution in [2.75, 3.05) is 5.32 Å². The van der Waals surface area contributed by atoms with Gasteiger partial charge in [-0.25, -0.2) is 37.5 Å². The molecule has 4 aromatic rings. The molecular weight excluding hydrogens is 538 g/mol. The second kappa shape index (κ2) is 9.07. The van der Waals surface area contributed by atoms with Gasteiger partial charge < -0.3 is 20.2 Å². The van der Waals surface area contributed by atoms with E-state index in [2.05, 4.69) is 30.2 Å². The van der Waals surface area contributed by atoms with Gasteiger partial charge in [0.1, 0.15) is 11.8 Å². The van der Waals surface area contributed by atoms with Gasteiger partial charge in [0.05, 0.1) is 28.2 Å². The minimum absolute atomic E-state index is 0.0776. The second-order valence-corrected chi connectivity index (χ2v) is 10.9. The molecule has 1 saturated carbocycles. The van der Waals surface area contributed by atoms with E-state index in [1.165, 1.54) is 37.8 Å². The van der Waals surface area contributed by atoms with E-state index in [-0.39, 0.29) is 34.5 Å². The van der Waals surface area contributed by atoms with Crippen LogP contribution in [-0.4, -0.2) is 36.3 Å². The predicted molar refractivity (Wildman–Crippen MR) is 136 cm³/mol. The number of rotatable bonds is 7. The number of fused-ring (bicyclic) bond motifs is 2. The number of nitrogens with two attached hydrogens (primary N) is 1. The molecule has 4 atom stereocenters. The standard InChI is InChI=1S/C25H21F4N7O2S/c1-11(21-32-5-6-37-21)38-17-10-33-19-15(35-17)3-4-31-20(19)34-12-7-13(18(27)14(26)8-12)24(2)16-9-25(16,22(28)29)39-23(30)36-24/h3-8,10-11,16,22H,9H2,1-2H3,(H2,30,36)(H,31,34)/t11-,16-,24+,25-/m0/s1. The topological polar surface area (TPSA) is 124 Å². The molecule has 0 amide bonds. The monoisotopic (exact) mass is 559 g/mol. The Morgan fingerprint density at radius 3 is 2.77 bits per heavy atom. The molecule has 1 aliphatic carbocycles. The van der Waals surface area contributed by atoms with Crippen molar-refractivity contribution in [2.24, 2.45) is 16.6 Å². The van der Waals surface area contributed by atoms with Gasteiger partial charge >= 0.3 is 0 Å². The van der Waals surface area contributed by atoms with Crippen LogP contribution < -0.4 is 15.8 Å². The lowest BCUT2D eigenvalue weighted by molar-refractivity contribution is 0.123. The Morgan fingerprint density at radius 2 is 2.03 bits per heavy atom. The highest BCUT2D eigenvalue weighted by Crippen LogP contribution is 2.68. The molecule has 39 heavy (non-hydrogen) atoms. The van der Waals surface area contributed by atoms with Gasteiger partial charge in [-0.1, -0.05) is 11.8 Å². The summed E-state index contributed by atoms with van der Waals surface area (Å²) in [5, 5.41) is 2.86. The molecular formula is C25H21F4N7O2S. The molecule has 1 aromatic carbocycles. The molecule has 3 aromatic heterocycles. The van der Waals surface area contributed by atoms with Gasteiger partial charge in [-0.2, -0.15) is 0 Å². The highest BCUT2D eigenvalue weighted by atomic mass is 32.2. The first kappa shape index (κ1) is 25.3. The quantitative estimate of drug-likeness (QED) is 0.284. The molecule has 3 N–H and O–H groups in total. The lowest BCUT2D eigenvalue weighted by atomic mass is 9.85. The van der Waals surface area contributed by atoms with Crippen LogP contribution in [0.1, 0.15) is 37.8 Å². The van der Waals surface area contributed by atoms with Crippen molar-refractivity contribution in [3.8, 4) is 5.88 Å². The molecule has 14 heteroatoms. The van der Waals surface area contributed by atoms with Crippen molar-refractivity contribution < 1.29 is 26.7 Å². The first-order valence-electron chi connectivity index (χ1n) is 11.9. The molecule has 9 nitrogen and oxygen atoms in total. The van der Waals surface area contributed by atoms with Crippen LogP contribution in [0.5, 0.6) is 5.88 Å². The number of thioether (sulfide) groups is 1. The van der Waals surface area contributed by atoms with E-state index < -0.39 is 40.4 Å². The van der Waals surface area contributed by atoms with Crippen LogP contribution in [0.3, 0.4) is 0 Å². The number of pyridine rings is 1. The minimum Gasteiger partial charge on any atom is -0.464 e. The third-order valence-corrected chi connectivity index (χ3v) is 8.32. The van der Waals surface area contributed by atoms with Crippen molar-refractivity contribution in [3.63, 3.8) is 0 Å². The molecule has 0 unspecified atom stereocenters. The Bertz CT molecular complexity index is 1610. The van der Waals surface area contributed by atoms with E-state index in [0.717, 1.165) is 17.8 Å². The number of nitrogens with zero attached hydrogens (tertiary/aromatic N) is 5. The van der Waals surface area contributed by atoms with E-state index in [1.807, 2.05) is 0 Å². The van der Waals surface area contributed by atoms with Crippen LogP contribution in [0.15, 0.2) is 52.5 Å². The Labute approximate surface area is 223 Å². The number of hydrogen-bond acceptors (Lipinski definition) is 10. The maximum absolute atomic E-state index is 15.1. The summed E-state index contributed by atoms with van der Waals surface area (Å²) in [7, 11) is 0. The number of halogens is 4. The number of aromatic nitrogens is 4. The molecule has 0 spiro atoms. The van der Waals surface area contributed by atoms with Crippen LogP contribution in [-0.2, 0) is 5.54 Å². The fourth-order valence-electron chi connectivity index (χ4n) is 5.02. The molecule has 0 bridgehead atoms. The van der Waals surface area contributed by atoms with Crippen LogP contribution >= 0.6 is 11.8 Å². The highest BCUT2D eigenvalue weighted by molar-refractivity contribution is 8.15. The number of anilines is 2. The minimum atomic E-state index is -2.69. The van der Waals surface area contributed by atoms with Gasteiger partial charge in [0.25, 0.3) is 6.43 Å². The molecule has 0 radical (unpaired) electrons. The van der Waals surface area contributed by atoms with Gasteiger partial charge in [0, 0.05) is 29.4 Å². The maximum atomic E-state index is 15.1. The molecule has 1 aliphatic heterocycles. The Hall–Kier alpha value is -3.94. The zero-order chi connectivity index (χ0) is 27.5. The number of aliphatic imine (C=N–C) groups is 1. The lowest BCUT2D eigenvalue weighted by Crippen LogP contribution is -2.39. The zero-order valence-electron chi connectivity index (χ0n) is 20.5. The zero-order valence-corrected chi connectivity index (χ0v) is 21.3. The average Bonchev–Trinajstić information content (AvgIpc) is 3.40. The molecule has 6 rings (SSSR count). The van der Waals surface area contributed by atoms with Crippen molar-refractivity contribution in [1.29, 1.82) is 0 Å². The van der Waals surface area contributed by atoms with Crippen LogP contribution in [0.25, 0.3) is 11.0 Å². The number of hydrogen-bond donors (Lipinski definition) is 2. The fraction of sp³-hybridized carbons (Fsp3) is 0.320. The first-order valence-corrected chi connectivity index (χ1v) is 12.7. The summed E-state index contributed by atoms with van der Waals surface area (Å²) in [5.41, 5.74) is 5.09. The Morgan fingerprint density at radius 1 is 1.21 bits per heavy atom. The Kier molecular flexibility index (Phi) is 5.90. The summed E-state index contributed by atoms with van der Waals surface area (Å²) in [6.07, 6.45) is 2.66. The maximum Gasteiger partial charge on any atom is 0.253 e. The number of benzene rings is 1. The first-order chi connectivity index (χ1) is 18.6. The number of oxazole rings is 1. The number of amidine groups is 1. The third-order valence-electron chi connectivity index (χ3n) is 7.01. The molecule has 1 fully saturated rings. The van der Waals surface area contributed by atoms with E-state index in [9.17, 15) is 13.2 Å². The van der Waals surface area contributed by atoms with Crippen molar-refractivity contribution in [3.05, 3.63) is 66.1 Å². The molecule has 4 heterocycles. The van der Waals surface area contributed by atoms with Crippen molar-refractivity contribution in [1.82, 2.24) is 19.9 Å². The fourth-order valence-corrected chi connectivity index (χ4v) is 6.35. The van der Waals surface area contributed by atoms with Crippen LogP contribution in [0.4, 0.5) is 29.1 Å². The van der Waals surface area contributed by atoms with Gasteiger partial charge in [0.2, 0.25) is 11.8 Å². The van der Waals surface area contributed by atoms with Gasteiger partial charge in [-0.05, 0) is 32.4 Å². The third kappa shape index (κ3) is 4.22. The summed E-state index contributed by atoms with van der Waals surface area (Å²) in [6, 6.07) is 3.90. The number of alkyl halides is 2. The lowest BCUT2D eigenvalue weighted by Gasteiger charge is -2.34. The smallest absolute Gasteiger partial charge is 0.253 e. The summed E-state index contributed by atoms with van der Waals surface area (Å²) >= 11 is 0.792. The Balaban J connectivity index is 1.32. The SMILES string of the molecule is C[C@H](Oc1cnc2c(Nc3cc(F)c(F)c([C@@]4(C)N=C(N)S[C@@]5(C(F)F)C[C@@H]45)c3)nccc2n1)c1ncco1. The van der Waals surface area contributed by atoms with E-state index >= 15 is 4.39 Å². The van der Waals surface area contributed by atoms with Crippen molar-refractivity contribution >= 4 is 39.5 Å². The summed E-state index contributed by atoms with van der Waals surface area (Å²) in [6.45, 7) is 3.24. The van der Waals surface area contributed by atoms with E-state index in [0.29, 0.717) is 16.9 Å². The molecule has 2 aliphatic rings. The number of nitrogens with one attached hydrogen (secondary N) is 1. The van der Waals surface area contributed by atoms with Gasteiger partial charge in [-0.15, -0.1) is 0 Å². The summed E-state index contributed by atoms with van der Waals surface area (Å²) in [5.74, 6) is -2.26. The van der Waals surface area contributed by atoms with E-state index in [4.69, 9.17) is 14.9 Å². The van der Waals surface area contributed by atoms with Gasteiger partial charge in [0.15, 0.2) is 28.7 Å². The predicted octanol–water partition coefficient (Wildman–Crippen LogP) is 5.48. The summed E-state index contributed by atoms with van der Waals surface area (Å²) in [4.78, 5) is 21.4. The normalized spacial score (nSPS) is 24.8.